The molecule has 0 radical (unpaired) electrons. The number of carbonyl (C=O) groups excluding carboxylic acids is 2. The third-order valence-electron chi connectivity index (χ3n) is 5.39. The number of anilines is 1. The average molecular weight is 419 g/mol. The molecular weight excluding hydrogens is 398 g/mol. The van der Waals surface area contributed by atoms with E-state index in [-0.39, 0.29) is 18.3 Å². The molecule has 2 aliphatic heterocycles. The number of nitrogens with one attached hydrogen (secondary N) is 1. The third-order valence-corrected chi connectivity index (χ3v) is 5.39. The molecule has 2 atom stereocenters. The van der Waals surface area contributed by atoms with Crippen molar-refractivity contribution in [1.82, 2.24) is 20.1 Å². The fraction of sp³-hybridized carbons (Fsp3) is 0.273. The first-order valence-corrected chi connectivity index (χ1v) is 10.0. The number of hydrogen-bond donors (Lipinski definition) is 1. The number of hydrogen-bond acceptors (Lipinski definition) is 6. The molecule has 158 valence electrons. The van der Waals surface area contributed by atoms with Crippen LogP contribution in [0.1, 0.15) is 28.1 Å². The second-order valence-corrected chi connectivity index (χ2v) is 7.38. The van der Waals surface area contributed by atoms with Gasteiger partial charge < -0.3 is 19.7 Å². The van der Waals surface area contributed by atoms with Crippen LogP contribution in [0.15, 0.2) is 54.6 Å². The summed E-state index contributed by atoms with van der Waals surface area (Å²) < 4.78 is 13.3. The van der Waals surface area contributed by atoms with Gasteiger partial charge in [0, 0.05) is 7.05 Å². The summed E-state index contributed by atoms with van der Waals surface area (Å²) >= 11 is 0. The van der Waals surface area contributed by atoms with Crippen molar-refractivity contribution in [2.45, 2.75) is 18.7 Å². The molecule has 9 nitrogen and oxygen atoms in total. The molecule has 31 heavy (non-hydrogen) atoms. The molecule has 3 heterocycles. The van der Waals surface area contributed by atoms with E-state index in [0.717, 1.165) is 5.56 Å². The molecule has 5 rings (SSSR count). The van der Waals surface area contributed by atoms with Crippen molar-refractivity contribution in [3.63, 3.8) is 0 Å². The lowest BCUT2D eigenvalue weighted by atomic mass is 10.1. The van der Waals surface area contributed by atoms with E-state index in [1.54, 1.807) is 23.9 Å². The van der Waals surface area contributed by atoms with E-state index in [0.29, 0.717) is 30.4 Å². The van der Waals surface area contributed by atoms with Gasteiger partial charge in [0.15, 0.2) is 5.82 Å². The maximum atomic E-state index is 12.9. The van der Waals surface area contributed by atoms with E-state index in [2.05, 4.69) is 15.4 Å². The summed E-state index contributed by atoms with van der Waals surface area (Å²) in [6.45, 7) is 0.993. The van der Waals surface area contributed by atoms with Crippen molar-refractivity contribution < 1.29 is 19.1 Å². The van der Waals surface area contributed by atoms with Crippen LogP contribution in [0.5, 0.6) is 5.75 Å². The zero-order chi connectivity index (χ0) is 21.4. The Bertz CT molecular complexity index is 1130. The average Bonchev–Trinajstić information content (AvgIpc) is 3.22. The SMILES string of the molecule is CN1C(=O)C(NC(=O)c2nc3n(n2)CCOC3c2ccccc2)COc2ccccc21. The van der Waals surface area contributed by atoms with E-state index < -0.39 is 18.1 Å². The molecule has 9 heteroatoms. The van der Waals surface area contributed by atoms with E-state index in [1.165, 1.54) is 4.90 Å². The third kappa shape index (κ3) is 3.53. The van der Waals surface area contributed by atoms with E-state index >= 15 is 0 Å². The Labute approximate surface area is 178 Å². The van der Waals surface area contributed by atoms with E-state index in [9.17, 15) is 9.59 Å². The van der Waals surface area contributed by atoms with Gasteiger partial charge in [-0.1, -0.05) is 42.5 Å². The largest absolute Gasteiger partial charge is 0.489 e. The fourth-order valence-corrected chi connectivity index (χ4v) is 3.79. The number of ether oxygens (including phenoxy) is 2. The van der Waals surface area contributed by atoms with Gasteiger partial charge in [0.2, 0.25) is 5.82 Å². The smallest absolute Gasteiger partial charge is 0.291 e. The molecule has 0 spiro atoms. The van der Waals surface area contributed by atoms with Crippen molar-refractivity contribution in [1.29, 1.82) is 0 Å². The standard InChI is InChI=1S/C22H21N5O4/c1-26-16-9-5-6-10-17(16)31-13-15(22(26)29)23-21(28)19-24-20-18(14-7-3-2-4-8-14)30-12-11-27(20)25-19/h2-10,15,18H,11-13H2,1H3,(H,23,28). The van der Waals surface area contributed by atoms with Crippen LogP contribution in [0.4, 0.5) is 5.69 Å². The van der Waals surface area contributed by atoms with Gasteiger partial charge in [-0.05, 0) is 17.7 Å². The minimum atomic E-state index is -0.855. The first-order chi connectivity index (χ1) is 15.1. The first kappa shape index (κ1) is 19.3. The molecule has 0 saturated heterocycles. The maximum absolute atomic E-state index is 12.9. The minimum absolute atomic E-state index is 0.00125. The van der Waals surface area contributed by atoms with Crippen molar-refractivity contribution in [2.75, 3.05) is 25.2 Å². The van der Waals surface area contributed by atoms with Crippen LogP contribution in [0.2, 0.25) is 0 Å². The molecule has 1 N–H and O–H groups in total. The lowest BCUT2D eigenvalue weighted by Crippen LogP contribution is -2.49. The van der Waals surface area contributed by atoms with Crippen molar-refractivity contribution >= 4 is 17.5 Å². The Morgan fingerprint density at radius 1 is 1.13 bits per heavy atom. The topological polar surface area (TPSA) is 98.6 Å². The number of fused-ring (bicyclic) bond motifs is 2. The monoisotopic (exact) mass is 419 g/mol. The summed E-state index contributed by atoms with van der Waals surface area (Å²) in [6, 6.07) is 16.1. The number of benzene rings is 2. The molecule has 0 bridgehead atoms. The Hall–Kier alpha value is -3.72. The van der Waals surface area contributed by atoms with Gasteiger partial charge in [-0.3, -0.25) is 9.59 Å². The van der Waals surface area contributed by atoms with E-state index in [1.807, 2.05) is 42.5 Å². The summed E-state index contributed by atoms with van der Waals surface area (Å²) in [6.07, 6.45) is -0.396. The lowest BCUT2D eigenvalue weighted by Gasteiger charge is -2.22. The number of amides is 2. The van der Waals surface area contributed by atoms with Gasteiger partial charge in [-0.15, -0.1) is 5.10 Å². The molecule has 3 aromatic rings. The summed E-state index contributed by atoms with van der Waals surface area (Å²) in [7, 11) is 1.66. The zero-order valence-electron chi connectivity index (χ0n) is 16.9. The number of nitrogens with zero attached hydrogens (tertiary/aromatic N) is 4. The molecule has 0 saturated carbocycles. The van der Waals surface area contributed by atoms with Gasteiger partial charge in [0.1, 0.15) is 24.5 Å². The lowest BCUT2D eigenvalue weighted by molar-refractivity contribution is -0.120. The molecule has 0 fully saturated rings. The summed E-state index contributed by atoms with van der Waals surface area (Å²) in [5, 5.41) is 7.07. The van der Waals surface area contributed by atoms with Crippen molar-refractivity contribution in [3.8, 4) is 5.75 Å². The van der Waals surface area contributed by atoms with Crippen molar-refractivity contribution in [2.24, 2.45) is 0 Å². The van der Waals surface area contributed by atoms with Crippen LogP contribution in [0.3, 0.4) is 0 Å². The van der Waals surface area contributed by atoms with Crippen LogP contribution in [0, 0.1) is 0 Å². The van der Waals surface area contributed by atoms with Crippen LogP contribution >= 0.6 is 0 Å². The molecular formula is C22H21N5O4. The highest BCUT2D eigenvalue weighted by Gasteiger charge is 2.33. The molecule has 2 unspecified atom stereocenters. The Balaban J connectivity index is 1.36. The fourth-order valence-electron chi connectivity index (χ4n) is 3.79. The Kier molecular flexibility index (Phi) is 4.87. The highest BCUT2D eigenvalue weighted by Crippen LogP contribution is 2.30. The highest BCUT2D eigenvalue weighted by molar-refractivity contribution is 6.02. The predicted octanol–water partition coefficient (Wildman–Crippen LogP) is 1.55. The van der Waals surface area contributed by atoms with Crippen LogP contribution in [-0.4, -0.2) is 52.9 Å². The summed E-state index contributed by atoms with van der Waals surface area (Å²) in [5.41, 5.74) is 1.59. The van der Waals surface area contributed by atoms with Crippen LogP contribution in [0.25, 0.3) is 0 Å². The maximum Gasteiger partial charge on any atom is 0.291 e. The van der Waals surface area contributed by atoms with Gasteiger partial charge in [0.05, 0.1) is 18.8 Å². The first-order valence-electron chi connectivity index (χ1n) is 10.0. The zero-order valence-corrected chi connectivity index (χ0v) is 16.9. The quantitative estimate of drug-likeness (QED) is 0.692. The predicted molar refractivity (Wildman–Crippen MR) is 111 cm³/mol. The van der Waals surface area contributed by atoms with E-state index in [4.69, 9.17) is 9.47 Å². The molecule has 2 aliphatic rings. The second kappa shape index (κ2) is 7.84. The second-order valence-electron chi connectivity index (χ2n) is 7.38. The number of carbonyl (C=O) groups is 2. The Morgan fingerprint density at radius 3 is 2.74 bits per heavy atom. The molecule has 2 amide bonds. The molecule has 2 aromatic carbocycles. The molecule has 1 aromatic heterocycles. The minimum Gasteiger partial charge on any atom is -0.489 e. The number of rotatable bonds is 3. The Morgan fingerprint density at radius 2 is 1.90 bits per heavy atom. The van der Waals surface area contributed by atoms with Crippen molar-refractivity contribution in [3.05, 3.63) is 71.8 Å². The van der Waals surface area contributed by atoms with Gasteiger partial charge in [-0.2, -0.15) is 0 Å². The van der Waals surface area contributed by atoms with Crippen LogP contribution in [-0.2, 0) is 16.1 Å². The van der Waals surface area contributed by atoms with Crippen LogP contribution < -0.4 is 15.0 Å². The summed E-state index contributed by atoms with van der Waals surface area (Å²) in [5.74, 6) is 0.352. The highest BCUT2D eigenvalue weighted by atomic mass is 16.5. The molecule has 0 aliphatic carbocycles. The van der Waals surface area contributed by atoms with Gasteiger partial charge in [0.25, 0.3) is 11.8 Å². The number of aromatic nitrogens is 3. The van der Waals surface area contributed by atoms with Gasteiger partial charge >= 0.3 is 0 Å². The number of likely N-dealkylation sites (N-methyl/N-ethyl adjacent to an activating group) is 1. The van der Waals surface area contributed by atoms with Gasteiger partial charge in [-0.25, -0.2) is 9.67 Å². The number of para-hydroxylation sites is 2. The summed E-state index contributed by atoms with van der Waals surface area (Å²) in [4.78, 5) is 31.7. The normalized spacial score (nSPS) is 20.3.